The molecule has 0 aliphatic carbocycles. The molecule has 0 bridgehead atoms. The Balaban J connectivity index is 2.92. The summed E-state index contributed by atoms with van der Waals surface area (Å²) in [7, 11) is 2.32. The summed E-state index contributed by atoms with van der Waals surface area (Å²) in [5, 5.41) is 0. The number of hydrogen-bond donors (Lipinski definition) is 0. The molecule has 0 saturated heterocycles. The first-order valence-electron chi connectivity index (χ1n) is 6.13. The van der Waals surface area contributed by atoms with E-state index in [1.54, 1.807) is 0 Å². The third-order valence-corrected chi connectivity index (χ3v) is 2.56. The van der Waals surface area contributed by atoms with Crippen molar-refractivity contribution in [3.05, 3.63) is 0 Å². The Labute approximate surface area is 85.9 Å². The quantitative estimate of drug-likeness (QED) is 0.395. The topological polar surface area (TPSA) is 0 Å². The first-order valence-corrected chi connectivity index (χ1v) is 6.13. The zero-order valence-electron chi connectivity index (χ0n) is 10.1. The van der Waals surface area contributed by atoms with E-state index < -0.39 is 0 Å². The van der Waals surface area contributed by atoms with Gasteiger partial charge in [-0.2, -0.15) is 0 Å². The van der Waals surface area contributed by atoms with Crippen molar-refractivity contribution >= 4 is 7.85 Å². The van der Waals surface area contributed by atoms with Crippen molar-refractivity contribution in [1.82, 2.24) is 0 Å². The smallest absolute Gasteiger partial charge is 0.0725 e. The molecule has 13 heavy (non-hydrogen) atoms. The van der Waals surface area contributed by atoms with Crippen LogP contribution in [-0.2, 0) is 0 Å². The fraction of sp³-hybridized carbons (Fsp3) is 1.00. The fourth-order valence-electron chi connectivity index (χ4n) is 1.64. The highest BCUT2D eigenvalue weighted by Crippen LogP contribution is 2.14. The minimum absolute atomic E-state index is 0.899. The molecule has 0 aliphatic rings. The summed E-state index contributed by atoms with van der Waals surface area (Å²) in [6.07, 6.45) is 10.1. The lowest BCUT2D eigenvalue weighted by Crippen LogP contribution is -1.88. The molecule has 78 valence electrons. The number of hydrogen-bond acceptors (Lipinski definition) is 0. The first kappa shape index (κ1) is 13.1. The molecule has 0 N–H and O–H groups in total. The summed E-state index contributed by atoms with van der Waals surface area (Å²) in [6, 6.07) is 0. The molecular formula is C12H27B. The van der Waals surface area contributed by atoms with Gasteiger partial charge in [0, 0.05) is 0 Å². The molecule has 0 aromatic rings. The molecule has 0 nitrogen and oxygen atoms in total. The van der Waals surface area contributed by atoms with Gasteiger partial charge >= 0.3 is 0 Å². The molecule has 0 radical (unpaired) electrons. The largest absolute Gasteiger partial charge is 0.105 e. The van der Waals surface area contributed by atoms with Gasteiger partial charge in [0.1, 0.15) is 7.85 Å². The predicted octanol–water partition coefficient (Wildman–Crippen LogP) is 3.81. The minimum Gasteiger partial charge on any atom is -0.0725 e. The Bertz CT molecular complexity index is 85.3. The molecule has 1 atom stereocenters. The van der Waals surface area contributed by atoms with Gasteiger partial charge < -0.3 is 0 Å². The van der Waals surface area contributed by atoms with Crippen LogP contribution in [0, 0.1) is 5.92 Å². The summed E-state index contributed by atoms with van der Waals surface area (Å²) in [4.78, 5) is 0. The average molecular weight is 182 g/mol. The van der Waals surface area contributed by atoms with Crippen molar-refractivity contribution in [2.24, 2.45) is 5.92 Å². The maximum Gasteiger partial charge on any atom is 0.105 e. The van der Waals surface area contributed by atoms with Crippen LogP contribution in [0.15, 0.2) is 0 Å². The van der Waals surface area contributed by atoms with E-state index in [2.05, 4.69) is 28.6 Å². The Morgan fingerprint density at radius 1 is 0.769 bits per heavy atom. The Hall–Kier alpha value is 0.0649. The molecule has 0 aromatic carbocycles. The molecule has 0 fully saturated rings. The van der Waals surface area contributed by atoms with Crippen molar-refractivity contribution in [2.45, 2.75) is 71.5 Å². The van der Waals surface area contributed by atoms with E-state index in [9.17, 15) is 0 Å². The number of unbranched alkanes of at least 4 members (excludes halogenated alkanes) is 4. The first-order chi connectivity index (χ1) is 6.13. The van der Waals surface area contributed by atoms with Gasteiger partial charge in [0.15, 0.2) is 0 Å². The average Bonchev–Trinajstić information content (AvgIpc) is 2.01. The normalized spacial score (nSPS) is 13.5. The zero-order valence-corrected chi connectivity index (χ0v) is 10.1. The van der Waals surface area contributed by atoms with Crippen LogP contribution < -0.4 is 0 Å². The summed E-state index contributed by atoms with van der Waals surface area (Å²) < 4.78 is 0. The molecule has 0 spiro atoms. The molecule has 0 heterocycles. The molecule has 1 unspecified atom stereocenters. The van der Waals surface area contributed by atoms with Crippen molar-refractivity contribution in [1.29, 1.82) is 0 Å². The van der Waals surface area contributed by atoms with Crippen LogP contribution in [0.4, 0.5) is 0 Å². The summed E-state index contributed by atoms with van der Waals surface area (Å²) in [6.45, 7) is 6.95. The molecule has 0 saturated carbocycles. The predicted molar refractivity (Wildman–Crippen MR) is 65.1 cm³/mol. The zero-order chi connectivity index (χ0) is 10.1. The van der Waals surface area contributed by atoms with Crippen LogP contribution in [0.3, 0.4) is 0 Å². The highest BCUT2D eigenvalue weighted by molar-refractivity contribution is 6.11. The lowest BCUT2D eigenvalue weighted by atomic mass is 9.85. The Morgan fingerprint density at radius 2 is 1.23 bits per heavy atom. The third-order valence-electron chi connectivity index (χ3n) is 2.56. The second-order valence-corrected chi connectivity index (χ2v) is 5.13. The molecule has 0 aromatic heterocycles. The number of rotatable bonds is 8. The van der Waals surface area contributed by atoms with Crippen LogP contribution in [0.2, 0.25) is 5.82 Å². The lowest BCUT2D eigenvalue weighted by Gasteiger charge is -2.05. The van der Waals surface area contributed by atoms with Gasteiger partial charge in [0.05, 0.1) is 0 Å². The summed E-state index contributed by atoms with van der Waals surface area (Å²) in [5.41, 5.74) is 0. The second kappa shape index (κ2) is 8.65. The molecule has 0 aliphatic heterocycles. The minimum atomic E-state index is 0.899. The van der Waals surface area contributed by atoms with Gasteiger partial charge in [-0.1, -0.05) is 71.5 Å². The van der Waals surface area contributed by atoms with Gasteiger partial charge in [-0.05, 0) is 5.92 Å². The van der Waals surface area contributed by atoms with Crippen LogP contribution >= 0.6 is 0 Å². The van der Waals surface area contributed by atoms with E-state index in [1.165, 1.54) is 44.9 Å². The van der Waals surface area contributed by atoms with Gasteiger partial charge in [0.2, 0.25) is 0 Å². The maximum absolute atomic E-state index is 2.32. The van der Waals surface area contributed by atoms with E-state index in [0.717, 1.165) is 11.7 Å². The molecule has 0 rings (SSSR count). The van der Waals surface area contributed by atoms with Gasteiger partial charge in [-0.3, -0.25) is 0 Å². The van der Waals surface area contributed by atoms with E-state index in [-0.39, 0.29) is 0 Å². The molecular weight excluding hydrogens is 155 g/mol. The fourth-order valence-corrected chi connectivity index (χ4v) is 1.64. The summed E-state index contributed by atoms with van der Waals surface area (Å²) in [5.74, 6) is 1.80. The van der Waals surface area contributed by atoms with E-state index in [4.69, 9.17) is 0 Å². The van der Waals surface area contributed by atoms with Crippen LogP contribution in [0.25, 0.3) is 0 Å². The summed E-state index contributed by atoms with van der Waals surface area (Å²) >= 11 is 0. The third kappa shape index (κ3) is 12.1. The monoisotopic (exact) mass is 182 g/mol. The maximum atomic E-state index is 2.32. The lowest BCUT2D eigenvalue weighted by molar-refractivity contribution is 0.511. The van der Waals surface area contributed by atoms with Gasteiger partial charge in [0.25, 0.3) is 0 Å². The van der Waals surface area contributed by atoms with Gasteiger partial charge in [-0.25, -0.2) is 0 Å². The van der Waals surface area contributed by atoms with Crippen LogP contribution in [-0.4, -0.2) is 7.85 Å². The standard InChI is InChI=1S/C12H27B/c1-11(2)9-7-5-4-6-8-10-12(3)13/h11-12H,4-10,13H2,1-3H3. The SMILES string of the molecule is BC(C)CCCCCCCC(C)C. The van der Waals surface area contributed by atoms with Crippen molar-refractivity contribution in [3.63, 3.8) is 0 Å². The van der Waals surface area contributed by atoms with Crippen LogP contribution in [0.5, 0.6) is 0 Å². The van der Waals surface area contributed by atoms with E-state index in [0.29, 0.717) is 0 Å². The highest BCUT2D eigenvalue weighted by atomic mass is 14.0. The Kier molecular flexibility index (Phi) is 8.70. The highest BCUT2D eigenvalue weighted by Gasteiger charge is 1.96. The molecule has 0 amide bonds. The van der Waals surface area contributed by atoms with E-state index in [1.807, 2.05) is 0 Å². The molecule has 1 heteroatoms. The van der Waals surface area contributed by atoms with Gasteiger partial charge in [-0.15, -0.1) is 0 Å². The van der Waals surface area contributed by atoms with Crippen LogP contribution in [0.1, 0.15) is 65.7 Å². The van der Waals surface area contributed by atoms with Crippen molar-refractivity contribution < 1.29 is 0 Å². The van der Waals surface area contributed by atoms with E-state index >= 15 is 0 Å². The Morgan fingerprint density at radius 3 is 1.69 bits per heavy atom. The second-order valence-electron chi connectivity index (χ2n) is 5.13. The van der Waals surface area contributed by atoms with Crippen molar-refractivity contribution in [3.8, 4) is 0 Å². The van der Waals surface area contributed by atoms with Crippen molar-refractivity contribution in [2.75, 3.05) is 0 Å².